The van der Waals surface area contributed by atoms with Crippen molar-refractivity contribution in [3.8, 4) is 0 Å². The molecule has 1 rings (SSSR count). The number of anilines is 1. The third-order valence-corrected chi connectivity index (χ3v) is 3.24. The van der Waals surface area contributed by atoms with Crippen molar-refractivity contribution in [2.75, 3.05) is 31.5 Å². The molecule has 1 atom stereocenters. The fraction of sp³-hybridized carbons (Fsp3) is 0.692. The Bertz CT molecular complexity index is 386. The van der Waals surface area contributed by atoms with Gasteiger partial charge in [0.1, 0.15) is 0 Å². The van der Waals surface area contributed by atoms with Crippen LogP contribution in [0.2, 0.25) is 0 Å². The molecule has 0 aliphatic heterocycles. The molecule has 1 unspecified atom stereocenters. The lowest BCUT2D eigenvalue weighted by molar-refractivity contribution is -0.119. The monoisotopic (exact) mass is 267 g/mol. The molecule has 0 aliphatic carbocycles. The van der Waals surface area contributed by atoms with Gasteiger partial charge in [-0.2, -0.15) is 5.10 Å². The molecule has 0 saturated carbocycles. The Labute approximate surface area is 114 Å². The molecule has 0 aliphatic rings. The van der Waals surface area contributed by atoms with Crippen molar-refractivity contribution in [1.82, 2.24) is 14.7 Å². The van der Waals surface area contributed by atoms with Crippen LogP contribution in [0.1, 0.15) is 20.8 Å². The molecule has 1 heterocycles. The SMILES string of the molecule is CCN(CC)CCn1cc(NC(=O)C(C)CN)cn1. The lowest BCUT2D eigenvalue weighted by atomic mass is 10.2. The van der Waals surface area contributed by atoms with E-state index < -0.39 is 0 Å². The van der Waals surface area contributed by atoms with Gasteiger partial charge >= 0.3 is 0 Å². The summed E-state index contributed by atoms with van der Waals surface area (Å²) in [5, 5.41) is 7.05. The molecule has 0 bridgehead atoms. The number of rotatable bonds is 8. The normalized spacial score (nSPS) is 12.7. The summed E-state index contributed by atoms with van der Waals surface area (Å²) in [5.41, 5.74) is 6.18. The van der Waals surface area contributed by atoms with Crippen LogP contribution >= 0.6 is 0 Å². The standard InChI is InChI=1S/C13H25N5O/c1-4-17(5-2)6-7-18-10-12(9-15-18)16-13(19)11(3)8-14/h9-11H,4-8,14H2,1-3H3,(H,16,19). The minimum atomic E-state index is -0.181. The van der Waals surface area contributed by atoms with Gasteiger partial charge in [0.2, 0.25) is 5.91 Å². The van der Waals surface area contributed by atoms with Crippen molar-refractivity contribution in [3.63, 3.8) is 0 Å². The van der Waals surface area contributed by atoms with Crippen LogP contribution in [-0.2, 0) is 11.3 Å². The lowest BCUT2D eigenvalue weighted by Gasteiger charge is -2.17. The summed E-state index contributed by atoms with van der Waals surface area (Å²) in [7, 11) is 0. The maximum absolute atomic E-state index is 11.7. The van der Waals surface area contributed by atoms with Crippen LogP contribution in [0.25, 0.3) is 0 Å². The Balaban J connectivity index is 2.46. The summed E-state index contributed by atoms with van der Waals surface area (Å²) in [6, 6.07) is 0. The van der Waals surface area contributed by atoms with Gasteiger partial charge in [-0.25, -0.2) is 0 Å². The van der Waals surface area contributed by atoms with Crippen LogP contribution in [0.3, 0.4) is 0 Å². The van der Waals surface area contributed by atoms with Gasteiger partial charge in [-0.15, -0.1) is 0 Å². The second-order valence-electron chi connectivity index (χ2n) is 4.64. The number of amides is 1. The van der Waals surface area contributed by atoms with Gasteiger partial charge in [0.05, 0.1) is 18.4 Å². The van der Waals surface area contributed by atoms with Crippen molar-refractivity contribution in [1.29, 1.82) is 0 Å². The average molecular weight is 267 g/mol. The number of nitrogens with two attached hydrogens (primary N) is 1. The van der Waals surface area contributed by atoms with Gasteiger partial charge in [-0.1, -0.05) is 20.8 Å². The first kappa shape index (κ1) is 15.7. The number of carbonyl (C=O) groups is 1. The zero-order chi connectivity index (χ0) is 14.3. The quantitative estimate of drug-likeness (QED) is 0.729. The number of aromatic nitrogens is 2. The summed E-state index contributed by atoms with van der Waals surface area (Å²) in [6.45, 7) is 10.3. The Morgan fingerprint density at radius 3 is 2.79 bits per heavy atom. The van der Waals surface area contributed by atoms with Gasteiger partial charge < -0.3 is 16.0 Å². The van der Waals surface area contributed by atoms with Gasteiger partial charge in [0.15, 0.2) is 0 Å². The molecule has 6 heteroatoms. The van der Waals surface area contributed by atoms with E-state index in [9.17, 15) is 4.79 Å². The van der Waals surface area contributed by atoms with E-state index in [-0.39, 0.29) is 11.8 Å². The van der Waals surface area contributed by atoms with Crippen LogP contribution in [-0.4, -0.2) is 46.8 Å². The first-order valence-corrected chi connectivity index (χ1v) is 6.86. The van der Waals surface area contributed by atoms with E-state index in [1.165, 1.54) is 0 Å². The molecule has 0 saturated heterocycles. The second-order valence-corrected chi connectivity index (χ2v) is 4.64. The molecule has 3 N–H and O–H groups in total. The molecule has 1 aromatic rings. The Kier molecular flexibility index (Phi) is 6.52. The largest absolute Gasteiger partial charge is 0.330 e. The molecule has 0 aromatic carbocycles. The zero-order valence-electron chi connectivity index (χ0n) is 12.1. The van der Waals surface area contributed by atoms with Crippen molar-refractivity contribution in [2.45, 2.75) is 27.3 Å². The zero-order valence-corrected chi connectivity index (χ0v) is 12.1. The summed E-state index contributed by atoms with van der Waals surface area (Å²) in [6.07, 6.45) is 3.52. The summed E-state index contributed by atoms with van der Waals surface area (Å²) >= 11 is 0. The van der Waals surface area contributed by atoms with Crippen LogP contribution in [0, 0.1) is 5.92 Å². The van der Waals surface area contributed by atoms with Crippen LogP contribution < -0.4 is 11.1 Å². The minimum Gasteiger partial charge on any atom is -0.330 e. The van der Waals surface area contributed by atoms with E-state index in [0.29, 0.717) is 6.54 Å². The van der Waals surface area contributed by atoms with Crippen molar-refractivity contribution < 1.29 is 4.79 Å². The number of hydrogen-bond acceptors (Lipinski definition) is 4. The Morgan fingerprint density at radius 2 is 2.21 bits per heavy atom. The van der Waals surface area contributed by atoms with Crippen molar-refractivity contribution >= 4 is 11.6 Å². The highest BCUT2D eigenvalue weighted by Gasteiger charge is 2.11. The predicted octanol–water partition coefficient (Wildman–Crippen LogP) is 0.758. The maximum Gasteiger partial charge on any atom is 0.228 e. The summed E-state index contributed by atoms with van der Waals surface area (Å²) in [5.74, 6) is -0.246. The van der Waals surface area contributed by atoms with Crippen LogP contribution in [0.5, 0.6) is 0 Å². The average Bonchev–Trinajstić information content (AvgIpc) is 2.86. The molecule has 1 amide bonds. The van der Waals surface area contributed by atoms with Crippen LogP contribution in [0.4, 0.5) is 5.69 Å². The van der Waals surface area contributed by atoms with Gasteiger partial charge in [-0.05, 0) is 13.1 Å². The van der Waals surface area contributed by atoms with E-state index in [4.69, 9.17) is 5.73 Å². The van der Waals surface area contributed by atoms with Gasteiger partial charge in [-0.3, -0.25) is 9.48 Å². The van der Waals surface area contributed by atoms with Crippen LogP contribution in [0.15, 0.2) is 12.4 Å². The second kappa shape index (κ2) is 7.91. The number of hydrogen-bond donors (Lipinski definition) is 2. The minimum absolute atomic E-state index is 0.0641. The number of likely N-dealkylation sites (N-methyl/N-ethyl adjacent to an activating group) is 1. The number of carbonyl (C=O) groups excluding carboxylic acids is 1. The molecule has 1 aromatic heterocycles. The molecule has 0 spiro atoms. The fourth-order valence-corrected chi connectivity index (χ4v) is 1.71. The van der Waals surface area contributed by atoms with Gasteiger partial charge in [0, 0.05) is 25.2 Å². The fourth-order valence-electron chi connectivity index (χ4n) is 1.71. The van der Waals surface area contributed by atoms with Crippen molar-refractivity contribution in [3.05, 3.63) is 12.4 Å². The summed E-state index contributed by atoms with van der Waals surface area (Å²) < 4.78 is 1.85. The van der Waals surface area contributed by atoms with E-state index >= 15 is 0 Å². The van der Waals surface area contributed by atoms with E-state index in [1.54, 1.807) is 13.1 Å². The molecule has 108 valence electrons. The number of nitrogens with zero attached hydrogens (tertiary/aromatic N) is 3. The molecular weight excluding hydrogens is 242 g/mol. The van der Waals surface area contributed by atoms with Crippen molar-refractivity contribution in [2.24, 2.45) is 11.7 Å². The molecular formula is C13H25N5O. The first-order valence-electron chi connectivity index (χ1n) is 6.86. The highest BCUT2D eigenvalue weighted by atomic mass is 16.1. The molecule has 6 nitrogen and oxygen atoms in total. The highest BCUT2D eigenvalue weighted by molar-refractivity contribution is 5.92. The smallest absolute Gasteiger partial charge is 0.228 e. The highest BCUT2D eigenvalue weighted by Crippen LogP contribution is 2.07. The first-order chi connectivity index (χ1) is 9.10. The van der Waals surface area contributed by atoms with E-state index in [2.05, 4.69) is 29.2 Å². The summed E-state index contributed by atoms with van der Waals surface area (Å²) in [4.78, 5) is 14.0. The number of nitrogens with one attached hydrogen (secondary N) is 1. The molecule has 0 radical (unpaired) electrons. The molecule has 0 fully saturated rings. The topological polar surface area (TPSA) is 76.2 Å². The maximum atomic E-state index is 11.7. The van der Waals surface area contributed by atoms with Gasteiger partial charge in [0.25, 0.3) is 0 Å². The molecule has 19 heavy (non-hydrogen) atoms. The predicted molar refractivity (Wildman–Crippen MR) is 76.9 cm³/mol. The lowest BCUT2D eigenvalue weighted by Crippen LogP contribution is -2.27. The Hall–Kier alpha value is -1.40. The third kappa shape index (κ3) is 5.00. The Morgan fingerprint density at radius 1 is 1.53 bits per heavy atom. The van der Waals surface area contributed by atoms with E-state index in [1.807, 2.05) is 10.9 Å². The van der Waals surface area contributed by atoms with E-state index in [0.717, 1.165) is 31.9 Å². The third-order valence-electron chi connectivity index (χ3n) is 3.24.